The zero-order valence-corrected chi connectivity index (χ0v) is 20.6. The van der Waals surface area contributed by atoms with Crippen LogP contribution in [0.1, 0.15) is 61.4 Å². The van der Waals surface area contributed by atoms with Crippen LogP contribution in [0, 0.1) is 0 Å². The number of rotatable bonds is 10. The highest BCUT2D eigenvalue weighted by Crippen LogP contribution is 2.34. The Morgan fingerprint density at radius 3 is 2.83 bits per heavy atom. The quantitative estimate of drug-likeness (QED) is 0.494. The summed E-state index contributed by atoms with van der Waals surface area (Å²) < 4.78 is 6.18. The summed E-state index contributed by atoms with van der Waals surface area (Å²) in [7, 11) is 0. The number of benzene rings is 1. The predicted octanol–water partition coefficient (Wildman–Crippen LogP) is 4.28. The Hall–Kier alpha value is -2.64. The Bertz CT molecular complexity index is 1010. The van der Waals surface area contributed by atoms with Gasteiger partial charge in [0.15, 0.2) is 0 Å². The van der Waals surface area contributed by atoms with Crippen molar-refractivity contribution in [1.82, 2.24) is 9.88 Å². The maximum atomic E-state index is 12.4. The minimum Gasteiger partial charge on any atom is -0.480 e. The molecule has 188 valence electrons. The molecule has 7 nitrogen and oxygen atoms in total. The van der Waals surface area contributed by atoms with Crippen LogP contribution in [-0.2, 0) is 22.4 Å². The SMILES string of the molecule is O=C(O)C(c1ccccc1N1CCCC1)N1CC[C@@H](OCCCCc2ccc3c(n2)NCCC3)C1. The lowest BCUT2D eigenvalue weighted by atomic mass is 10.0. The lowest BCUT2D eigenvalue weighted by molar-refractivity contribution is -0.143. The molecule has 2 atom stereocenters. The van der Waals surface area contributed by atoms with Crippen LogP contribution in [0.25, 0.3) is 0 Å². The summed E-state index contributed by atoms with van der Waals surface area (Å²) in [5.41, 5.74) is 4.46. The van der Waals surface area contributed by atoms with Crippen LogP contribution in [0.4, 0.5) is 11.5 Å². The molecule has 35 heavy (non-hydrogen) atoms. The van der Waals surface area contributed by atoms with Crippen molar-refractivity contribution in [1.29, 1.82) is 0 Å². The van der Waals surface area contributed by atoms with E-state index in [1.54, 1.807) is 0 Å². The van der Waals surface area contributed by atoms with Crippen LogP contribution in [0.15, 0.2) is 36.4 Å². The predicted molar refractivity (Wildman–Crippen MR) is 138 cm³/mol. The minimum atomic E-state index is -0.774. The number of fused-ring (bicyclic) bond motifs is 1. The number of pyridine rings is 1. The normalized spacial score (nSPS) is 21.0. The summed E-state index contributed by atoms with van der Waals surface area (Å²) >= 11 is 0. The van der Waals surface area contributed by atoms with E-state index < -0.39 is 12.0 Å². The fourth-order valence-corrected chi connectivity index (χ4v) is 5.74. The van der Waals surface area contributed by atoms with Crippen molar-refractivity contribution in [3.63, 3.8) is 0 Å². The molecule has 1 unspecified atom stereocenters. The van der Waals surface area contributed by atoms with Crippen LogP contribution < -0.4 is 10.2 Å². The Labute approximate surface area is 208 Å². The fraction of sp³-hybridized carbons (Fsp3) is 0.571. The molecule has 3 aliphatic heterocycles. The largest absolute Gasteiger partial charge is 0.480 e. The molecule has 0 saturated carbocycles. The molecular weight excluding hydrogens is 440 g/mol. The standard InChI is InChI=1S/C28H38N4O3/c33-28(34)26(24-10-1-2-11-25(24)31-16-4-5-17-31)32-18-14-23(20-32)35-19-6-3-9-22-13-12-21-8-7-15-29-27(21)30-22/h1-2,10-13,23,26H,3-9,14-20H2,(H,29,30)(H,33,34)/t23-,26?/m1/s1. The van der Waals surface area contributed by atoms with Crippen LogP contribution in [0.2, 0.25) is 0 Å². The summed E-state index contributed by atoms with van der Waals surface area (Å²) in [5, 5.41) is 13.6. The van der Waals surface area contributed by atoms with Crippen molar-refractivity contribution in [3.8, 4) is 0 Å². The third kappa shape index (κ3) is 5.78. The van der Waals surface area contributed by atoms with Gasteiger partial charge >= 0.3 is 5.97 Å². The highest BCUT2D eigenvalue weighted by Gasteiger charge is 2.36. The molecule has 3 aliphatic rings. The number of hydrogen-bond donors (Lipinski definition) is 2. The number of aromatic nitrogens is 1. The number of carbonyl (C=O) groups is 1. The zero-order valence-electron chi connectivity index (χ0n) is 20.6. The summed E-state index contributed by atoms with van der Waals surface area (Å²) in [4.78, 5) is 21.6. The summed E-state index contributed by atoms with van der Waals surface area (Å²) in [6, 6.07) is 11.8. The average Bonchev–Trinajstić information content (AvgIpc) is 3.57. The molecule has 0 aliphatic carbocycles. The van der Waals surface area contributed by atoms with Crippen molar-refractivity contribution >= 4 is 17.5 Å². The van der Waals surface area contributed by atoms with Gasteiger partial charge in [-0.1, -0.05) is 24.3 Å². The van der Waals surface area contributed by atoms with Gasteiger partial charge in [-0.2, -0.15) is 0 Å². The van der Waals surface area contributed by atoms with Gasteiger partial charge in [0.25, 0.3) is 0 Å². The molecule has 1 aromatic carbocycles. The van der Waals surface area contributed by atoms with E-state index in [2.05, 4.69) is 33.3 Å². The Morgan fingerprint density at radius 1 is 1.11 bits per heavy atom. The molecule has 0 bridgehead atoms. The summed E-state index contributed by atoms with van der Waals surface area (Å²) in [5.74, 6) is 0.291. The van der Waals surface area contributed by atoms with Gasteiger partial charge in [0.2, 0.25) is 0 Å². The smallest absolute Gasteiger partial charge is 0.325 e. The second kappa shape index (κ2) is 11.4. The first-order valence-electron chi connectivity index (χ1n) is 13.3. The Morgan fingerprint density at radius 2 is 1.97 bits per heavy atom. The molecular formula is C28H38N4O3. The molecule has 2 saturated heterocycles. The number of nitrogens with one attached hydrogen (secondary N) is 1. The van der Waals surface area contributed by atoms with E-state index in [4.69, 9.17) is 9.72 Å². The van der Waals surface area contributed by atoms with E-state index >= 15 is 0 Å². The van der Waals surface area contributed by atoms with Gasteiger partial charge in [-0.3, -0.25) is 9.69 Å². The first-order chi connectivity index (χ1) is 17.2. The topological polar surface area (TPSA) is 77.9 Å². The molecule has 2 aromatic rings. The van der Waals surface area contributed by atoms with Crippen LogP contribution in [0.3, 0.4) is 0 Å². The molecule has 4 heterocycles. The van der Waals surface area contributed by atoms with Gasteiger partial charge in [-0.15, -0.1) is 0 Å². The zero-order chi connectivity index (χ0) is 24.0. The van der Waals surface area contributed by atoms with Crippen molar-refractivity contribution in [2.24, 2.45) is 0 Å². The first kappa shape index (κ1) is 24.1. The Kier molecular flexibility index (Phi) is 7.84. The highest BCUT2D eigenvalue weighted by molar-refractivity contribution is 5.79. The van der Waals surface area contributed by atoms with Gasteiger partial charge in [-0.25, -0.2) is 4.98 Å². The monoisotopic (exact) mass is 478 g/mol. The lowest BCUT2D eigenvalue weighted by Crippen LogP contribution is -2.35. The van der Waals surface area contributed by atoms with Crippen molar-refractivity contribution in [2.45, 2.75) is 63.5 Å². The van der Waals surface area contributed by atoms with E-state index in [9.17, 15) is 9.90 Å². The number of aliphatic carboxylic acids is 1. The van der Waals surface area contributed by atoms with Crippen molar-refractivity contribution < 1.29 is 14.6 Å². The number of ether oxygens (including phenoxy) is 1. The van der Waals surface area contributed by atoms with Crippen LogP contribution >= 0.6 is 0 Å². The molecule has 7 heteroatoms. The number of aryl methyl sites for hydroxylation is 2. The highest BCUT2D eigenvalue weighted by atomic mass is 16.5. The van der Waals surface area contributed by atoms with E-state index in [1.165, 1.54) is 24.8 Å². The molecule has 0 amide bonds. The van der Waals surface area contributed by atoms with Gasteiger partial charge in [-0.05, 0) is 69.1 Å². The number of unbranched alkanes of at least 4 members (excludes halogenated alkanes) is 1. The van der Waals surface area contributed by atoms with Gasteiger partial charge in [0.05, 0.1) is 6.10 Å². The van der Waals surface area contributed by atoms with Gasteiger partial charge in [0, 0.05) is 56.3 Å². The average molecular weight is 479 g/mol. The number of likely N-dealkylation sites (tertiary alicyclic amines) is 1. The number of carboxylic acid groups (broad SMARTS) is 1. The number of hydrogen-bond acceptors (Lipinski definition) is 6. The fourth-order valence-electron chi connectivity index (χ4n) is 5.74. The minimum absolute atomic E-state index is 0.0990. The van der Waals surface area contributed by atoms with E-state index in [1.807, 2.05) is 18.2 Å². The molecule has 0 radical (unpaired) electrons. The lowest BCUT2D eigenvalue weighted by Gasteiger charge is -2.29. The first-order valence-corrected chi connectivity index (χ1v) is 13.3. The van der Waals surface area contributed by atoms with E-state index in [0.717, 1.165) is 81.0 Å². The van der Waals surface area contributed by atoms with Gasteiger partial charge < -0.3 is 20.1 Å². The third-order valence-corrected chi connectivity index (χ3v) is 7.59. The molecule has 1 aromatic heterocycles. The van der Waals surface area contributed by atoms with Gasteiger partial charge in [0.1, 0.15) is 11.9 Å². The van der Waals surface area contributed by atoms with E-state index in [-0.39, 0.29) is 6.10 Å². The van der Waals surface area contributed by atoms with Crippen LogP contribution in [0.5, 0.6) is 0 Å². The number of nitrogens with zero attached hydrogens (tertiary/aromatic N) is 3. The number of anilines is 2. The Balaban J connectivity index is 1.10. The maximum absolute atomic E-state index is 12.4. The molecule has 5 rings (SSSR count). The summed E-state index contributed by atoms with van der Waals surface area (Å²) in [6.07, 6.45) is 8.62. The van der Waals surface area contributed by atoms with Crippen molar-refractivity contribution in [3.05, 3.63) is 53.2 Å². The number of para-hydroxylation sites is 1. The van der Waals surface area contributed by atoms with Crippen molar-refractivity contribution in [2.75, 3.05) is 49.5 Å². The molecule has 2 N–H and O–H groups in total. The van der Waals surface area contributed by atoms with Crippen LogP contribution in [-0.4, -0.2) is 66.4 Å². The second-order valence-corrected chi connectivity index (χ2v) is 10.1. The maximum Gasteiger partial charge on any atom is 0.325 e. The third-order valence-electron chi connectivity index (χ3n) is 7.59. The second-order valence-electron chi connectivity index (χ2n) is 10.1. The molecule has 2 fully saturated rings. The van der Waals surface area contributed by atoms with E-state index in [0.29, 0.717) is 13.2 Å². The summed E-state index contributed by atoms with van der Waals surface area (Å²) in [6.45, 7) is 5.16. The number of carboxylic acids is 1. The molecule has 0 spiro atoms.